The monoisotopic (exact) mass is 389 g/mol. The number of amides is 1. The van der Waals surface area contributed by atoms with Gasteiger partial charge in [-0.05, 0) is 30.3 Å². The Morgan fingerprint density at radius 3 is 2.89 bits per heavy atom. The minimum atomic E-state index is -0.674. The smallest absolute Gasteiger partial charge is 0.268 e. The van der Waals surface area contributed by atoms with Crippen molar-refractivity contribution in [1.29, 1.82) is 5.26 Å². The van der Waals surface area contributed by atoms with E-state index in [2.05, 4.69) is 10.3 Å². The summed E-state index contributed by atoms with van der Waals surface area (Å²) in [5.41, 5.74) is 0.323. The van der Waals surface area contributed by atoms with Crippen LogP contribution >= 0.6 is 11.3 Å². The fourth-order valence-electron chi connectivity index (χ4n) is 2.63. The molecule has 0 aliphatic heterocycles. The first-order valence-corrected chi connectivity index (χ1v) is 8.90. The van der Waals surface area contributed by atoms with Crippen LogP contribution in [0.5, 0.6) is 5.75 Å². The molecule has 4 aromatic rings. The van der Waals surface area contributed by atoms with Crippen molar-refractivity contribution < 1.29 is 14.3 Å². The maximum absolute atomic E-state index is 12.6. The van der Waals surface area contributed by atoms with Crippen molar-refractivity contribution in [2.24, 2.45) is 0 Å². The number of carbonyl (C=O) groups excluding carboxylic acids is 1. The molecular formula is C20H11N3O4S. The summed E-state index contributed by atoms with van der Waals surface area (Å²) in [4.78, 5) is 29.3. The number of hydrogen-bond acceptors (Lipinski definition) is 7. The normalized spacial score (nSPS) is 11.5. The number of carbonyl (C=O) groups is 1. The zero-order valence-electron chi connectivity index (χ0n) is 14.2. The molecule has 0 saturated carbocycles. The van der Waals surface area contributed by atoms with Crippen molar-refractivity contribution in [3.8, 4) is 11.8 Å². The maximum atomic E-state index is 12.6. The molecule has 0 unspecified atom stereocenters. The third-order valence-electron chi connectivity index (χ3n) is 3.96. The van der Waals surface area contributed by atoms with Gasteiger partial charge in [-0.15, -0.1) is 0 Å². The lowest BCUT2D eigenvalue weighted by molar-refractivity contribution is -0.112. The topological polar surface area (TPSA) is 116 Å². The summed E-state index contributed by atoms with van der Waals surface area (Å²) in [6, 6.07) is 13.3. The number of phenolic OH excluding ortho intramolecular Hbond substituents is 1. The lowest BCUT2D eigenvalue weighted by Gasteiger charge is -2.01. The molecule has 136 valence electrons. The summed E-state index contributed by atoms with van der Waals surface area (Å²) in [6.45, 7) is 0. The van der Waals surface area contributed by atoms with Gasteiger partial charge in [-0.25, -0.2) is 4.98 Å². The Bertz CT molecular complexity index is 1330. The Morgan fingerprint density at radius 1 is 1.29 bits per heavy atom. The third kappa shape index (κ3) is 3.22. The summed E-state index contributed by atoms with van der Waals surface area (Å²) in [5.74, 6) is -0.710. The van der Waals surface area contributed by atoms with E-state index in [1.54, 1.807) is 6.07 Å². The zero-order chi connectivity index (χ0) is 19.7. The third-order valence-corrected chi connectivity index (χ3v) is 4.92. The van der Waals surface area contributed by atoms with E-state index in [0.717, 1.165) is 16.5 Å². The van der Waals surface area contributed by atoms with Crippen LogP contribution in [0.25, 0.3) is 27.3 Å². The largest absolute Gasteiger partial charge is 0.508 e. The van der Waals surface area contributed by atoms with E-state index in [9.17, 15) is 20.0 Å². The Kier molecular flexibility index (Phi) is 4.35. The molecule has 0 fully saturated rings. The number of thiazole rings is 1. The average molecular weight is 389 g/mol. The molecule has 0 radical (unpaired) electrons. The van der Waals surface area contributed by atoms with Crippen LogP contribution in [0.3, 0.4) is 0 Å². The fourth-order valence-corrected chi connectivity index (χ4v) is 3.49. The molecule has 7 nitrogen and oxygen atoms in total. The summed E-state index contributed by atoms with van der Waals surface area (Å²) < 4.78 is 6.23. The molecule has 0 saturated heterocycles. The van der Waals surface area contributed by atoms with Crippen LogP contribution in [-0.2, 0) is 4.79 Å². The molecule has 0 bridgehead atoms. The lowest BCUT2D eigenvalue weighted by atomic mass is 10.1. The average Bonchev–Trinajstić information content (AvgIpc) is 3.09. The first-order chi connectivity index (χ1) is 13.5. The molecule has 2 aromatic carbocycles. The predicted molar refractivity (Wildman–Crippen MR) is 106 cm³/mol. The van der Waals surface area contributed by atoms with E-state index < -0.39 is 11.3 Å². The predicted octanol–water partition coefficient (Wildman–Crippen LogP) is 3.65. The molecule has 0 atom stereocenters. The number of aromatic hydroxyl groups is 1. The standard InChI is InChI=1S/C20H11N3O4S/c21-9-11(19(26)23-20-22-15-3-1-2-4-17(15)28-20)7-12-10-27-16-8-13(24)5-6-14(16)18(12)25/h1-8,10,24H,(H,22,23,26). The lowest BCUT2D eigenvalue weighted by Crippen LogP contribution is -2.14. The van der Waals surface area contributed by atoms with Gasteiger partial charge in [-0.1, -0.05) is 23.5 Å². The highest BCUT2D eigenvalue weighted by Gasteiger charge is 2.14. The van der Waals surface area contributed by atoms with Crippen LogP contribution < -0.4 is 10.7 Å². The SMILES string of the molecule is N#CC(=Cc1coc2cc(O)ccc2c1=O)C(=O)Nc1nc2ccccc2s1. The number of para-hydroxylation sites is 1. The summed E-state index contributed by atoms with van der Waals surface area (Å²) in [5, 5.41) is 22.0. The van der Waals surface area contributed by atoms with Crippen molar-refractivity contribution in [3.63, 3.8) is 0 Å². The van der Waals surface area contributed by atoms with Crippen LogP contribution in [0.1, 0.15) is 5.56 Å². The van der Waals surface area contributed by atoms with E-state index in [1.807, 2.05) is 24.3 Å². The van der Waals surface area contributed by atoms with Crippen molar-refractivity contribution in [3.05, 3.63) is 70.1 Å². The van der Waals surface area contributed by atoms with Gasteiger partial charge in [0.1, 0.15) is 29.2 Å². The van der Waals surface area contributed by atoms with Gasteiger partial charge in [0.05, 0.1) is 21.2 Å². The molecule has 8 heteroatoms. The highest BCUT2D eigenvalue weighted by Crippen LogP contribution is 2.26. The highest BCUT2D eigenvalue weighted by atomic mass is 32.1. The second-order valence-corrected chi connectivity index (χ2v) is 6.84. The van der Waals surface area contributed by atoms with Crippen molar-refractivity contribution >= 4 is 49.6 Å². The molecule has 2 N–H and O–H groups in total. The first kappa shape index (κ1) is 17.5. The van der Waals surface area contributed by atoms with Gasteiger partial charge in [-0.2, -0.15) is 5.26 Å². The molecule has 0 aliphatic carbocycles. The van der Waals surface area contributed by atoms with Crippen LogP contribution in [0.15, 0.2) is 63.5 Å². The second kappa shape index (κ2) is 6.98. The number of rotatable bonds is 3. The summed E-state index contributed by atoms with van der Waals surface area (Å²) >= 11 is 1.28. The number of nitriles is 1. The van der Waals surface area contributed by atoms with Crippen LogP contribution in [-0.4, -0.2) is 16.0 Å². The van der Waals surface area contributed by atoms with E-state index in [4.69, 9.17) is 4.42 Å². The quantitative estimate of drug-likeness (QED) is 0.408. The number of aromatic nitrogens is 1. The van der Waals surface area contributed by atoms with Crippen LogP contribution in [0, 0.1) is 11.3 Å². The van der Waals surface area contributed by atoms with Gasteiger partial charge in [0.25, 0.3) is 5.91 Å². The molecule has 0 spiro atoms. The van der Waals surface area contributed by atoms with E-state index >= 15 is 0 Å². The van der Waals surface area contributed by atoms with E-state index in [1.165, 1.54) is 35.6 Å². The number of hydrogen-bond donors (Lipinski definition) is 2. The highest BCUT2D eigenvalue weighted by molar-refractivity contribution is 7.22. The van der Waals surface area contributed by atoms with Gasteiger partial charge < -0.3 is 9.52 Å². The Morgan fingerprint density at radius 2 is 2.11 bits per heavy atom. The fraction of sp³-hybridized carbons (Fsp3) is 0. The molecule has 2 heterocycles. The van der Waals surface area contributed by atoms with Gasteiger partial charge in [0, 0.05) is 6.07 Å². The Balaban J connectivity index is 1.67. The van der Waals surface area contributed by atoms with Gasteiger partial charge in [0.2, 0.25) is 0 Å². The Hall–Kier alpha value is -3.96. The second-order valence-electron chi connectivity index (χ2n) is 5.81. The zero-order valence-corrected chi connectivity index (χ0v) is 15.0. The number of fused-ring (bicyclic) bond motifs is 2. The molecule has 2 aromatic heterocycles. The minimum Gasteiger partial charge on any atom is -0.508 e. The minimum absolute atomic E-state index is 0.0353. The number of phenols is 1. The Labute approximate surface area is 161 Å². The van der Waals surface area contributed by atoms with Crippen molar-refractivity contribution in [1.82, 2.24) is 4.98 Å². The summed E-state index contributed by atoms with van der Waals surface area (Å²) in [7, 11) is 0. The molecule has 1 amide bonds. The molecule has 28 heavy (non-hydrogen) atoms. The maximum Gasteiger partial charge on any atom is 0.268 e. The van der Waals surface area contributed by atoms with Crippen LogP contribution in [0.4, 0.5) is 5.13 Å². The number of benzene rings is 2. The van der Waals surface area contributed by atoms with Crippen LogP contribution in [0.2, 0.25) is 0 Å². The van der Waals surface area contributed by atoms with Gasteiger partial charge >= 0.3 is 0 Å². The van der Waals surface area contributed by atoms with Crippen molar-refractivity contribution in [2.75, 3.05) is 5.32 Å². The van der Waals surface area contributed by atoms with E-state index in [0.29, 0.717) is 5.13 Å². The molecular weight excluding hydrogens is 378 g/mol. The van der Waals surface area contributed by atoms with E-state index in [-0.39, 0.29) is 27.9 Å². The molecule has 4 rings (SSSR count). The number of nitrogens with one attached hydrogen (secondary N) is 1. The number of nitrogens with zero attached hydrogens (tertiary/aromatic N) is 2. The summed E-state index contributed by atoms with van der Waals surface area (Å²) in [6.07, 6.45) is 2.31. The van der Waals surface area contributed by atoms with Gasteiger partial charge in [-0.3, -0.25) is 14.9 Å². The van der Waals surface area contributed by atoms with Crippen molar-refractivity contribution in [2.45, 2.75) is 0 Å². The number of anilines is 1. The van der Waals surface area contributed by atoms with Gasteiger partial charge in [0.15, 0.2) is 10.6 Å². The molecule has 0 aliphatic rings. The first-order valence-electron chi connectivity index (χ1n) is 8.08.